The van der Waals surface area contributed by atoms with Gasteiger partial charge in [-0.2, -0.15) is 0 Å². The lowest BCUT2D eigenvalue weighted by Gasteiger charge is -2.62. The van der Waals surface area contributed by atoms with Gasteiger partial charge in [0.25, 0.3) is 0 Å². The number of halogens is 1. The van der Waals surface area contributed by atoms with E-state index in [2.05, 4.69) is 0 Å². The van der Waals surface area contributed by atoms with Crippen LogP contribution in [0, 0.1) is 22.7 Å². The van der Waals surface area contributed by atoms with Crippen LogP contribution >= 0.6 is 0 Å². The number of fused-ring (bicyclic) bond motifs is 5. The smallest absolute Gasteiger partial charge is 0.178 e. The minimum Gasteiger partial charge on any atom is -0.390 e. The molecule has 3 N–H and O–H groups in total. The van der Waals surface area contributed by atoms with E-state index in [4.69, 9.17) is 0 Å². The van der Waals surface area contributed by atoms with Crippen molar-refractivity contribution in [1.82, 2.24) is 0 Å². The molecule has 138 valence electrons. The van der Waals surface area contributed by atoms with Crippen LogP contribution in [0.5, 0.6) is 0 Å². The van der Waals surface area contributed by atoms with Crippen LogP contribution in [0.15, 0.2) is 23.8 Å². The highest BCUT2D eigenvalue weighted by Crippen LogP contribution is 2.69. The number of hydrogen-bond acceptors (Lipinski definition) is 4. The van der Waals surface area contributed by atoms with E-state index in [0.29, 0.717) is 19.3 Å². The first kappa shape index (κ1) is 17.4. The van der Waals surface area contributed by atoms with Crippen LogP contribution in [0.4, 0.5) is 4.39 Å². The molecule has 0 aromatic rings. The van der Waals surface area contributed by atoms with Crippen LogP contribution in [0.2, 0.25) is 0 Å². The molecule has 0 bridgehead atoms. The van der Waals surface area contributed by atoms with Gasteiger partial charge in [-0.05, 0) is 57.6 Å². The molecule has 4 aliphatic rings. The molecule has 0 heterocycles. The zero-order valence-corrected chi connectivity index (χ0v) is 15.0. The SMILES string of the molecule is C[C@]12C=CC(=O)C=C1CC[C@H]1[C@@H]3C[C@@H](O)[C@@](C)(O)[C@@]3(C)C[C@H](O)[C@@]12F. The number of aliphatic hydroxyl groups excluding tert-OH is 2. The standard InChI is InChI=1S/C20H27FO4/c1-17-7-6-12(22)8-11(17)4-5-13-14-9-15(23)19(3,25)18(14,2)10-16(24)20(13,17)21/h6-8,13-16,23-25H,4-5,9-10H2,1-3H3/t13-,14-,15+,16-,17-,18-,19+,20-/m0/s1. The Kier molecular flexibility index (Phi) is 3.35. The van der Waals surface area contributed by atoms with Crippen molar-refractivity contribution in [2.24, 2.45) is 22.7 Å². The molecule has 0 spiro atoms. The number of aliphatic hydroxyl groups is 3. The summed E-state index contributed by atoms with van der Waals surface area (Å²) in [6, 6.07) is 0. The summed E-state index contributed by atoms with van der Waals surface area (Å²) >= 11 is 0. The second-order valence-electron chi connectivity index (χ2n) is 9.16. The fourth-order valence-electron chi connectivity index (χ4n) is 6.43. The zero-order valence-electron chi connectivity index (χ0n) is 15.0. The van der Waals surface area contributed by atoms with E-state index in [-0.39, 0.29) is 18.1 Å². The van der Waals surface area contributed by atoms with E-state index in [1.807, 2.05) is 6.92 Å². The van der Waals surface area contributed by atoms with Gasteiger partial charge in [0.1, 0.15) is 0 Å². The molecule has 3 fully saturated rings. The van der Waals surface area contributed by atoms with Crippen molar-refractivity contribution in [2.75, 3.05) is 0 Å². The summed E-state index contributed by atoms with van der Waals surface area (Å²) in [5.41, 5.74) is -4.28. The molecule has 0 radical (unpaired) electrons. The predicted octanol–water partition coefficient (Wildman–Crippen LogP) is 2.08. The van der Waals surface area contributed by atoms with Crippen molar-refractivity contribution in [2.45, 2.75) is 69.9 Å². The Morgan fingerprint density at radius 3 is 2.52 bits per heavy atom. The van der Waals surface area contributed by atoms with Gasteiger partial charge in [0.15, 0.2) is 11.5 Å². The highest BCUT2D eigenvalue weighted by Gasteiger charge is 2.73. The van der Waals surface area contributed by atoms with Gasteiger partial charge in [-0.1, -0.05) is 18.6 Å². The average Bonchev–Trinajstić information content (AvgIpc) is 2.70. The van der Waals surface area contributed by atoms with Crippen LogP contribution in [-0.4, -0.2) is 44.6 Å². The van der Waals surface area contributed by atoms with Crippen LogP contribution < -0.4 is 0 Å². The molecule has 4 aliphatic carbocycles. The molecule has 0 aliphatic heterocycles. The van der Waals surface area contributed by atoms with Crippen molar-refractivity contribution in [1.29, 1.82) is 0 Å². The predicted molar refractivity (Wildman–Crippen MR) is 90.4 cm³/mol. The number of hydrogen-bond donors (Lipinski definition) is 3. The summed E-state index contributed by atoms with van der Waals surface area (Å²) < 4.78 is 16.6. The van der Waals surface area contributed by atoms with Crippen molar-refractivity contribution < 1.29 is 24.5 Å². The van der Waals surface area contributed by atoms with Gasteiger partial charge in [-0.15, -0.1) is 0 Å². The van der Waals surface area contributed by atoms with Gasteiger partial charge >= 0.3 is 0 Å². The van der Waals surface area contributed by atoms with E-state index < -0.39 is 40.2 Å². The highest BCUT2D eigenvalue weighted by atomic mass is 19.1. The molecule has 8 atom stereocenters. The van der Waals surface area contributed by atoms with E-state index in [0.717, 1.165) is 5.57 Å². The summed E-state index contributed by atoms with van der Waals surface area (Å²) in [5.74, 6) is -0.816. The molecule has 0 aromatic heterocycles. The zero-order chi connectivity index (χ0) is 18.4. The topological polar surface area (TPSA) is 77.8 Å². The maximum atomic E-state index is 16.6. The molecule has 0 aromatic carbocycles. The lowest BCUT2D eigenvalue weighted by atomic mass is 9.45. The molecular formula is C20H27FO4. The molecule has 4 nitrogen and oxygen atoms in total. The Morgan fingerprint density at radius 2 is 1.84 bits per heavy atom. The number of rotatable bonds is 0. The summed E-state index contributed by atoms with van der Waals surface area (Å²) in [5, 5.41) is 32.3. The molecule has 5 heteroatoms. The molecular weight excluding hydrogens is 323 g/mol. The summed E-state index contributed by atoms with van der Waals surface area (Å²) in [7, 11) is 0. The van der Waals surface area contributed by atoms with Gasteiger partial charge in [0, 0.05) is 16.7 Å². The monoisotopic (exact) mass is 350 g/mol. The number of alkyl halides is 1. The Labute approximate surface area is 147 Å². The Hall–Kier alpha value is -1.04. The first-order valence-electron chi connectivity index (χ1n) is 9.20. The van der Waals surface area contributed by atoms with E-state index >= 15 is 4.39 Å². The van der Waals surface area contributed by atoms with Crippen molar-refractivity contribution in [3.63, 3.8) is 0 Å². The first-order valence-corrected chi connectivity index (χ1v) is 9.20. The molecule has 25 heavy (non-hydrogen) atoms. The Balaban J connectivity index is 1.84. The number of allylic oxidation sites excluding steroid dienone is 4. The van der Waals surface area contributed by atoms with Gasteiger partial charge in [0.05, 0.1) is 17.8 Å². The van der Waals surface area contributed by atoms with Crippen LogP contribution in [-0.2, 0) is 4.79 Å². The molecule has 3 saturated carbocycles. The fraction of sp³-hybridized carbons (Fsp3) is 0.750. The second kappa shape index (κ2) is 4.81. The van der Waals surface area contributed by atoms with E-state index in [9.17, 15) is 20.1 Å². The van der Waals surface area contributed by atoms with Gasteiger partial charge < -0.3 is 15.3 Å². The average molecular weight is 350 g/mol. The van der Waals surface area contributed by atoms with Gasteiger partial charge in [0.2, 0.25) is 0 Å². The van der Waals surface area contributed by atoms with E-state index in [1.165, 1.54) is 12.2 Å². The highest BCUT2D eigenvalue weighted by molar-refractivity contribution is 6.01. The Bertz CT molecular complexity index is 698. The molecule has 0 saturated heterocycles. The number of ketones is 1. The largest absolute Gasteiger partial charge is 0.390 e. The van der Waals surface area contributed by atoms with Crippen LogP contribution in [0.3, 0.4) is 0 Å². The van der Waals surface area contributed by atoms with Gasteiger partial charge in [-0.3, -0.25) is 4.79 Å². The maximum Gasteiger partial charge on any atom is 0.178 e. The van der Waals surface area contributed by atoms with Crippen LogP contribution in [0.1, 0.15) is 46.5 Å². The van der Waals surface area contributed by atoms with Crippen molar-refractivity contribution >= 4 is 5.78 Å². The normalized spacial score (nSPS) is 57.6. The van der Waals surface area contributed by atoms with Crippen LogP contribution in [0.25, 0.3) is 0 Å². The first-order chi connectivity index (χ1) is 11.5. The second-order valence-corrected chi connectivity index (χ2v) is 9.16. The minimum atomic E-state index is -1.90. The van der Waals surface area contributed by atoms with E-state index in [1.54, 1.807) is 19.9 Å². The maximum absolute atomic E-state index is 16.6. The number of carbonyl (C=O) groups is 1. The quantitative estimate of drug-likeness (QED) is 0.625. The van der Waals surface area contributed by atoms with Gasteiger partial charge in [-0.25, -0.2) is 4.39 Å². The minimum absolute atomic E-state index is 0.0966. The summed E-state index contributed by atoms with van der Waals surface area (Å²) in [6.45, 7) is 5.23. The van der Waals surface area contributed by atoms with Crippen molar-refractivity contribution in [3.05, 3.63) is 23.8 Å². The molecule has 0 unspecified atom stereocenters. The van der Waals surface area contributed by atoms with Crippen molar-refractivity contribution in [3.8, 4) is 0 Å². The lowest BCUT2D eigenvalue weighted by Crippen LogP contribution is -2.68. The Morgan fingerprint density at radius 1 is 1.16 bits per heavy atom. The summed E-state index contributed by atoms with van der Waals surface area (Å²) in [6.07, 6.45) is 3.88. The third-order valence-corrected chi connectivity index (χ3v) is 8.31. The lowest BCUT2D eigenvalue weighted by molar-refractivity contribution is -0.219. The number of carbonyl (C=O) groups excluding carboxylic acids is 1. The fourth-order valence-corrected chi connectivity index (χ4v) is 6.43. The third-order valence-electron chi connectivity index (χ3n) is 8.31. The molecule has 4 rings (SSSR count). The summed E-state index contributed by atoms with van der Waals surface area (Å²) in [4.78, 5) is 11.8. The third kappa shape index (κ3) is 1.80. The molecule has 0 amide bonds.